The van der Waals surface area contributed by atoms with E-state index in [4.69, 9.17) is 4.42 Å². The highest BCUT2D eigenvalue weighted by Gasteiger charge is 2.39. The van der Waals surface area contributed by atoms with Crippen LogP contribution in [0.3, 0.4) is 0 Å². The van der Waals surface area contributed by atoms with Gasteiger partial charge in [-0.25, -0.2) is 4.79 Å². The van der Waals surface area contributed by atoms with E-state index >= 15 is 0 Å². The lowest BCUT2D eigenvalue weighted by molar-refractivity contribution is 0.0775. The zero-order valence-electron chi connectivity index (χ0n) is 14.4. The molecule has 3 rings (SSSR count). The van der Waals surface area contributed by atoms with Gasteiger partial charge in [0.25, 0.3) is 5.91 Å². The normalized spacial score (nSPS) is 23.6. The summed E-state index contributed by atoms with van der Waals surface area (Å²) in [5.74, 6) is 2.39. The largest absolute Gasteiger partial charge is 0.427 e. The Morgan fingerprint density at radius 2 is 1.96 bits per heavy atom. The standard InChI is InChI=1S/C19H27NO3/c1-12(2)7-8-16-9-13(3)17(19(22)23-16)18(21)20-10-14-5-4-6-15(14)11-20/h9,12,14-15H,4-8,10-11H2,1-3H3/t14-,15+. The summed E-state index contributed by atoms with van der Waals surface area (Å²) in [6, 6.07) is 1.87. The molecule has 2 fully saturated rings. The summed E-state index contributed by atoms with van der Waals surface area (Å²) >= 11 is 0. The van der Waals surface area contributed by atoms with Crippen LogP contribution in [0.1, 0.15) is 61.2 Å². The van der Waals surface area contributed by atoms with Crippen LogP contribution in [-0.4, -0.2) is 23.9 Å². The molecule has 1 saturated heterocycles. The molecule has 1 aromatic rings. The summed E-state index contributed by atoms with van der Waals surface area (Å²) in [5.41, 5.74) is 0.520. The van der Waals surface area contributed by atoms with Gasteiger partial charge in [-0.15, -0.1) is 0 Å². The minimum absolute atomic E-state index is 0.138. The minimum Gasteiger partial charge on any atom is -0.427 e. The summed E-state index contributed by atoms with van der Waals surface area (Å²) in [6.45, 7) is 7.75. The smallest absolute Gasteiger partial charge is 0.349 e. The maximum absolute atomic E-state index is 12.8. The van der Waals surface area contributed by atoms with Crippen LogP contribution in [-0.2, 0) is 6.42 Å². The van der Waals surface area contributed by atoms with Gasteiger partial charge in [-0.05, 0) is 55.6 Å². The van der Waals surface area contributed by atoms with Crippen molar-refractivity contribution in [3.8, 4) is 0 Å². The lowest BCUT2D eigenvalue weighted by atomic mass is 10.0. The maximum atomic E-state index is 12.8. The van der Waals surface area contributed by atoms with Crippen molar-refractivity contribution in [2.24, 2.45) is 17.8 Å². The number of aryl methyl sites for hydroxylation is 2. The average Bonchev–Trinajstić information content (AvgIpc) is 3.05. The number of hydrogen-bond donors (Lipinski definition) is 0. The third-order valence-corrected chi connectivity index (χ3v) is 5.40. The second-order valence-electron chi connectivity index (χ2n) is 7.65. The Hall–Kier alpha value is -1.58. The summed E-state index contributed by atoms with van der Waals surface area (Å²) in [6.07, 6.45) is 5.44. The van der Waals surface area contributed by atoms with E-state index in [2.05, 4.69) is 13.8 Å². The predicted octanol–water partition coefficient (Wildman–Crippen LogP) is 3.41. The first-order valence-electron chi connectivity index (χ1n) is 8.88. The van der Waals surface area contributed by atoms with Gasteiger partial charge in [0.05, 0.1) is 0 Å². The number of fused-ring (bicyclic) bond motifs is 1. The molecular weight excluding hydrogens is 290 g/mol. The lowest BCUT2D eigenvalue weighted by Crippen LogP contribution is -2.33. The summed E-state index contributed by atoms with van der Waals surface area (Å²) in [7, 11) is 0. The molecule has 126 valence electrons. The van der Waals surface area contributed by atoms with Crippen LogP contribution in [0, 0.1) is 24.7 Å². The van der Waals surface area contributed by atoms with Gasteiger partial charge in [0, 0.05) is 19.5 Å². The number of rotatable bonds is 4. The number of likely N-dealkylation sites (tertiary alicyclic amines) is 1. The molecule has 4 heteroatoms. The van der Waals surface area contributed by atoms with Gasteiger partial charge in [-0.1, -0.05) is 20.3 Å². The van der Waals surface area contributed by atoms with Crippen molar-refractivity contribution in [1.29, 1.82) is 0 Å². The number of nitrogens with zero attached hydrogens (tertiary/aromatic N) is 1. The van der Waals surface area contributed by atoms with Crippen molar-refractivity contribution < 1.29 is 9.21 Å². The molecule has 4 nitrogen and oxygen atoms in total. The van der Waals surface area contributed by atoms with E-state index in [0.717, 1.165) is 31.5 Å². The molecule has 1 saturated carbocycles. The molecule has 0 spiro atoms. The van der Waals surface area contributed by atoms with E-state index in [0.29, 0.717) is 23.5 Å². The molecule has 0 unspecified atom stereocenters. The van der Waals surface area contributed by atoms with Gasteiger partial charge >= 0.3 is 5.63 Å². The Labute approximate surface area is 137 Å². The minimum atomic E-state index is -0.467. The number of carbonyl (C=O) groups excluding carboxylic acids is 1. The van der Waals surface area contributed by atoms with Crippen LogP contribution < -0.4 is 5.63 Å². The molecule has 0 aromatic carbocycles. The zero-order chi connectivity index (χ0) is 16.6. The van der Waals surface area contributed by atoms with E-state index in [1.54, 1.807) is 0 Å². The van der Waals surface area contributed by atoms with E-state index in [1.165, 1.54) is 19.3 Å². The van der Waals surface area contributed by atoms with Crippen molar-refractivity contribution in [2.45, 2.75) is 52.9 Å². The second-order valence-corrected chi connectivity index (χ2v) is 7.65. The lowest BCUT2D eigenvalue weighted by Gasteiger charge is -2.18. The fraction of sp³-hybridized carbons (Fsp3) is 0.684. The Balaban J connectivity index is 1.77. The van der Waals surface area contributed by atoms with Crippen molar-refractivity contribution in [3.05, 3.63) is 33.4 Å². The molecule has 0 bridgehead atoms. The van der Waals surface area contributed by atoms with Crippen LogP contribution in [0.25, 0.3) is 0 Å². The van der Waals surface area contributed by atoms with Crippen LogP contribution in [0.4, 0.5) is 0 Å². The molecule has 0 radical (unpaired) electrons. The van der Waals surface area contributed by atoms with Gasteiger partial charge in [0.15, 0.2) is 0 Å². The summed E-state index contributed by atoms with van der Waals surface area (Å²) in [5, 5.41) is 0. The van der Waals surface area contributed by atoms with Gasteiger partial charge in [-0.3, -0.25) is 4.79 Å². The van der Waals surface area contributed by atoms with Crippen molar-refractivity contribution in [3.63, 3.8) is 0 Å². The molecule has 2 aliphatic rings. The third kappa shape index (κ3) is 3.36. The second kappa shape index (κ2) is 6.50. The predicted molar refractivity (Wildman–Crippen MR) is 89.6 cm³/mol. The first-order chi connectivity index (χ1) is 11.0. The Morgan fingerprint density at radius 3 is 2.52 bits per heavy atom. The monoisotopic (exact) mass is 317 g/mol. The van der Waals surface area contributed by atoms with Crippen LogP contribution in [0.5, 0.6) is 0 Å². The fourth-order valence-corrected chi connectivity index (χ4v) is 4.04. The Morgan fingerprint density at radius 1 is 1.30 bits per heavy atom. The van der Waals surface area contributed by atoms with E-state index in [1.807, 2.05) is 17.9 Å². The van der Waals surface area contributed by atoms with E-state index in [-0.39, 0.29) is 11.5 Å². The third-order valence-electron chi connectivity index (χ3n) is 5.40. The van der Waals surface area contributed by atoms with E-state index < -0.39 is 5.63 Å². The highest BCUT2D eigenvalue weighted by atomic mass is 16.4. The fourth-order valence-electron chi connectivity index (χ4n) is 4.04. The number of carbonyl (C=O) groups is 1. The first-order valence-corrected chi connectivity index (χ1v) is 8.88. The number of amides is 1. The molecule has 1 aliphatic heterocycles. The van der Waals surface area contributed by atoms with Crippen LogP contribution in [0.15, 0.2) is 15.3 Å². The van der Waals surface area contributed by atoms with Crippen molar-refractivity contribution >= 4 is 5.91 Å². The van der Waals surface area contributed by atoms with Gasteiger partial charge in [0.1, 0.15) is 11.3 Å². The summed E-state index contributed by atoms with van der Waals surface area (Å²) in [4.78, 5) is 27.0. The van der Waals surface area contributed by atoms with Gasteiger partial charge in [-0.2, -0.15) is 0 Å². The molecular formula is C19H27NO3. The van der Waals surface area contributed by atoms with Gasteiger partial charge in [0.2, 0.25) is 0 Å². The molecule has 1 aromatic heterocycles. The van der Waals surface area contributed by atoms with Crippen LogP contribution in [0.2, 0.25) is 0 Å². The maximum Gasteiger partial charge on any atom is 0.349 e. The Bertz CT molecular complexity index is 635. The molecule has 0 N–H and O–H groups in total. The van der Waals surface area contributed by atoms with Crippen LogP contribution >= 0.6 is 0 Å². The number of hydrogen-bond acceptors (Lipinski definition) is 3. The summed E-state index contributed by atoms with van der Waals surface area (Å²) < 4.78 is 5.41. The van der Waals surface area contributed by atoms with Gasteiger partial charge < -0.3 is 9.32 Å². The molecule has 23 heavy (non-hydrogen) atoms. The van der Waals surface area contributed by atoms with Crippen molar-refractivity contribution in [2.75, 3.05) is 13.1 Å². The Kier molecular flexibility index (Phi) is 4.60. The quantitative estimate of drug-likeness (QED) is 0.855. The van der Waals surface area contributed by atoms with Crippen molar-refractivity contribution in [1.82, 2.24) is 4.90 Å². The zero-order valence-corrected chi connectivity index (χ0v) is 14.4. The average molecular weight is 317 g/mol. The topological polar surface area (TPSA) is 50.5 Å². The molecule has 1 aliphatic carbocycles. The molecule has 1 amide bonds. The first kappa shape index (κ1) is 16.3. The SMILES string of the molecule is Cc1cc(CCC(C)C)oc(=O)c1C(=O)N1C[C@H]2CCC[C@H]2C1. The highest BCUT2D eigenvalue weighted by Crippen LogP contribution is 2.38. The van der Waals surface area contributed by atoms with E-state index in [9.17, 15) is 9.59 Å². The molecule has 2 heterocycles. The molecule has 2 atom stereocenters. The highest BCUT2D eigenvalue weighted by molar-refractivity contribution is 5.95.